The van der Waals surface area contributed by atoms with E-state index in [1.54, 1.807) is 6.07 Å². The first kappa shape index (κ1) is 11.5. The third-order valence-corrected chi connectivity index (χ3v) is 3.42. The van der Waals surface area contributed by atoms with Crippen LogP contribution in [0.1, 0.15) is 48.7 Å². The zero-order valence-electron chi connectivity index (χ0n) is 10.5. The first-order valence-electron chi connectivity index (χ1n) is 6.34. The molecule has 3 heteroatoms. The zero-order chi connectivity index (χ0) is 12.9. The van der Waals surface area contributed by atoms with Crippen LogP contribution in [0.4, 0.5) is 4.39 Å². The van der Waals surface area contributed by atoms with Crippen LogP contribution in [0, 0.1) is 11.7 Å². The van der Waals surface area contributed by atoms with Gasteiger partial charge in [-0.1, -0.05) is 13.8 Å². The van der Waals surface area contributed by atoms with Gasteiger partial charge in [-0.15, -0.1) is 0 Å². The predicted molar refractivity (Wildman–Crippen MR) is 67.3 cm³/mol. The summed E-state index contributed by atoms with van der Waals surface area (Å²) in [4.78, 5) is 12.2. The van der Waals surface area contributed by atoms with E-state index in [0.717, 1.165) is 23.8 Å². The number of halogens is 1. The van der Waals surface area contributed by atoms with Crippen molar-refractivity contribution in [3.63, 3.8) is 0 Å². The number of hydrogen-bond acceptors (Lipinski definition) is 2. The Morgan fingerprint density at radius 3 is 2.72 bits per heavy atom. The van der Waals surface area contributed by atoms with Gasteiger partial charge in [0.1, 0.15) is 11.4 Å². The molecule has 18 heavy (non-hydrogen) atoms. The maximum absolute atomic E-state index is 13.3. The molecule has 1 fully saturated rings. The molecule has 0 saturated heterocycles. The summed E-state index contributed by atoms with van der Waals surface area (Å²) in [7, 11) is 0. The topological polar surface area (TPSA) is 30.2 Å². The van der Waals surface area contributed by atoms with Crippen LogP contribution in [0.2, 0.25) is 0 Å². The smallest absolute Gasteiger partial charge is 0.200 e. The molecule has 0 aliphatic heterocycles. The van der Waals surface area contributed by atoms with Crippen molar-refractivity contribution in [3.05, 3.63) is 35.3 Å². The second-order valence-corrected chi connectivity index (χ2v) is 5.28. The summed E-state index contributed by atoms with van der Waals surface area (Å²) < 4.78 is 19.0. The maximum atomic E-state index is 13.3. The Morgan fingerprint density at radius 2 is 2.11 bits per heavy atom. The molecule has 1 aromatic heterocycles. The van der Waals surface area contributed by atoms with E-state index in [9.17, 15) is 9.18 Å². The Balaban J connectivity index is 2.24. The van der Waals surface area contributed by atoms with Crippen molar-refractivity contribution in [2.45, 2.75) is 32.6 Å². The van der Waals surface area contributed by atoms with Gasteiger partial charge in [0.05, 0.1) is 0 Å². The van der Waals surface area contributed by atoms with Crippen LogP contribution < -0.4 is 0 Å². The normalized spacial score (nSPS) is 15.6. The van der Waals surface area contributed by atoms with E-state index in [-0.39, 0.29) is 17.5 Å². The number of rotatable bonds is 3. The molecular formula is C15H15FO2. The molecule has 0 radical (unpaired) electrons. The van der Waals surface area contributed by atoms with Gasteiger partial charge in [0.15, 0.2) is 5.76 Å². The van der Waals surface area contributed by atoms with Gasteiger partial charge in [-0.2, -0.15) is 0 Å². The summed E-state index contributed by atoms with van der Waals surface area (Å²) in [6.07, 6.45) is 2.12. The number of carbonyl (C=O) groups is 1. The van der Waals surface area contributed by atoms with Gasteiger partial charge in [-0.05, 0) is 37.0 Å². The highest BCUT2D eigenvalue weighted by molar-refractivity contribution is 6.01. The molecule has 0 N–H and O–H groups in total. The lowest BCUT2D eigenvalue weighted by Crippen LogP contribution is -2.08. The number of carbonyl (C=O) groups excluding carboxylic acids is 1. The second kappa shape index (κ2) is 3.94. The van der Waals surface area contributed by atoms with Crippen LogP contribution in [0.15, 0.2) is 22.6 Å². The fraction of sp³-hybridized carbons (Fsp3) is 0.400. The van der Waals surface area contributed by atoms with Crippen molar-refractivity contribution in [2.24, 2.45) is 5.92 Å². The largest absolute Gasteiger partial charge is 0.453 e. The minimum atomic E-state index is -0.284. The van der Waals surface area contributed by atoms with E-state index in [1.807, 2.05) is 13.8 Å². The summed E-state index contributed by atoms with van der Waals surface area (Å²) in [5.74, 6) is 0.425. The summed E-state index contributed by atoms with van der Waals surface area (Å²) in [6.45, 7) is 3.71. The Bertz CT molecular complexity index is 621. The van der Waals surface area contributed by atoms with Crippen LogP contribution in [0.25, 0.3) is 11.0 Å². The molecule has 0 atom stereocenters. The molecule has 3 rings (SSSR count). The van der Waals surface area contributed by atoms with Crippen molar-refractivity contribution in [2.75, 3.05) is 0 Å². The average Bonchev–Trinajstić information content (AvgIpc) is 3.09. The van der Waals surface area contributed by atoms with Gasteiger partial charge in [-0.3, -0.25) is 4.79 Å². The van der Waals surface area contributed by atoms with E-state index in [1.165, 1.54) is 12.1 Å². The van der Waals surface area contributed by atoms with Crippen LogP contribution in [-0.4, -0.2) is 5.78 Å². The van der Waals surface area contributed by atoms with E-state index in [2.05, 4.69) is 0 Å². The first-order valence-corrected chi connectivity index (χ1v) is 6.34. The molecular weight excluding hydrogens is 231 g/mol. The molecule has 0 bridgehead atoms. The molecule has 0 unspecified atom stereocenters. The van der Waals surface area contributed by atoms with Crippen molar-refractivity contribution in [1.29, 1.82) is 0 Å². The van der Waals surface area contributed by atoms with Crippen molar-refractivity contribution in [3.8, 4) is 0 Å². The van der Waals surface area contributed by atoms with Crippen LogP contribution >= 0.6 is 0 Å². The van der Waals surface area contributed by atoms with E-state index in [0.29, 0.717) is 17.3 Å². The average molecular weight is 246 g/mol. The fourth-order valence-corrected chi connectivity index (χ4v) is 2.31. The van der Waals surface area contributed by atoms with Crippen LogP contribution in [0.5, 0.6) is 0 Å². The Hall–Kier alpha value is -1.64. The third kappa shape index (κ3) is 1.74. The monoisotopic (exact) mass is 246 g/mol. The van der Waals surface area contributed by atoms with Gasteiger partial charge in [0, 0.05) is 16.9 Å². The van der Waals surface area contributed by atoms with Gasteiger partial charge in [0.2, 0.25) is 5.78 Å². The minimum Gasteiger partial charge on any atom is -0.453 e. The minimum absolute atomic E-state index is 0.00788. The summed E-state index contributed by atoms with van der Waals surface area (Å²) >= 11 is 0. The number of hydrogen-bond donors (Lipinski definition) is 0. The molecule has 94 valence electrons. The maximum Gasteiger partial charge on any atom is 0.200 e. The molecule has 1 heterocycles. The van der Waals surface area contributed by atoms with Gasteiger partial charge in [0.25, 0.3) is 0 Å². The van der Waals surface area contributed by atoms with E-state index >= 15 is 0 Å². The summed E-state index contributed by atoms with van der Waals surface area (Å²) in [6, 6.07) is 4.45. The number of Topliss-reactive ketones (excluding diaryl/α,β-unsaturated/α-hetero) is 1. The number of ketones is 1. The molecule has 2 nitrogen and oxygen atoms in total. The number of fused-ring (bicyclic) bond motifs is 1. The highest BCUT2D eigenvalue weighted by Gasteiger charge is 2.33. The SMILES string of the molecule is CC(C)C(=O)c1oc2ccc(F)cc2c1C1CC1. The predicted octanol–water partition coefficient (Wildman–Crippen LogP) is 4.29. The van der Waals surface area contributed by atoms with Crippen LogP contribution in [-0.2, 0) is 0 Å². The lowest BCUT2D eigenvalue weighted by atomic mass is 9.99. The quantitative estimate of drug-likeness (QED) is 0.756. The zero-order valence-corrected chi connectivity index (χ0v) is 10.5. The summed E-state index contributed by atoms with van der Waals surface area (Å²) in [5, 5.41) is 0.765. The third-order valence-electron chi connectivity index (χ3n) is 3.42. The molecule has 1 aromatic carbocycles. The van der Waals surface area contributed by atoms with Crippen LogP contribution in [0.3, 0.4) is 0 Å². The molecule has 2 aromatic rings. The van der Waals surface area contributed by atoms with Crippen molar-refractivity contribution in [1.82, 2.24) is 0 Å². The molecule has 1 aliphatic carbocycles. The second-order valence-electron chi connectivity index (χ2n) is 5.28. The van der Waals surface area contributed by atoms with E-state index in [4.69, 9.17) is 4.42 Å². The lowest BCUT2D eigenvalue weighted by molar-refractivity contribution is 0.0912. The molecule has 0 spiro atoms. The van der Waals surface area contributed by atoms with Crippen molar-refractivity contribution < 1.29 is 13.6 Å². The highest BCUT2D eigenvalue weighted by Crippen LogP contribution is 2.46. The van der Waals surface area contributed by atoms with Gasteiger partial charge < -0.3 is 4.42 Å². The van der Waals surface area contributed by atoms with E-state index < -0.39 is 0 Å². The number of benzene rings is 1. The first-order chi connectivity index (χ1) is 8.58. The van der Waals surface area contributed by atoms with Crippen molar-refractivity contribution >= 4 is 16.8 Å². The number of furan rings is 1. The molecule has 0 amide bonds. The molecule has 1 saturated carbocycles. The Kier molecular flexibility index (Phi) is 2.51. The highest BCUT2D eigenvalue weighted by atomic mass is 19.1. The molecule has 1 aliphatic rings. The van der Waals surface area contributed by atoms with Gasteiger partial charge >= 0.3 is 0 Å². The lowest BCUT2D eigenvalue weighted by Gasteiger charge is -2.03. The Labute approximate surface area is 105 Å². The Morgan fingerprint density at radius 1 is 1.39 bits per heavy atom. The fourth-order valence-electron chi connectivity index (χ4n) is 2.31. The standard InChI is InChI=1S/C15H15FO2/c1-8(2)14(17)15-13(9-3-4-9)11-7-10(16)5-6-12(11)18-15/h5-9H,3-4H2,1-2H3. The van der Waals surface area contributed by atoms with Gasteiger partial charge in [-0.25, -0.2) is 4.39 Å². The summed E-state index contributed by atoms with van der Waals surface area (Å²) in [5.41, 5.74) is 1.53.